The predicted octanol–water partition coefficient (Wildman–Crippen LogP) is 0.407. The fourth-order valence-corrected chi connectivity index (χ4v) is 2.35. The lowest BCUT2D eigenvalue weighted by atomic mass is 10.1. The molecule has 1 aromatic heterocycles. The molecular weight excluding hydrogens is 270 g/mol. The van der Waals surface area contributed by atoms with Gasteiger partial charge in [-0.2, -0.15) is 0 Å². The highest BCUT2D eigenvalue weighted by Gasteiger charge is 2.31. The fourth-order valence-electron chi connectivity index (χ4n) is 2.35. The smallest absolute Gasteiger partial charge is 0.245 e. The van der Waals surface area contributed by atoms with Crippen LogP contribution in [0, 0.1) is 13.8 Å². The number of hydrogen-bond donors (Lipinski definition) is 2. The number of nitrogens with zero attached hydrogens (tertiary/aromatic N) is 3. The van der Waals surface area contributed by atoms with E-state index in [9.17, 15) is 4.79 Å². The summed E-state index contributed by atoms with van der Waals surface area (Å²) in [6.45, 7) is 7.90. The summed E-state index contributed by atoms with van der Waals surface area (Å²) in [5, 5.41) is 2.92. The van der Waals surface area contributed by atoms with E-state index in [0.29, 0.717) is 37.9 Å². The summed E-state index contributed by atoms with van der Waals surface area (Å²) in [5.41, 5.74) is 6.72. The molecular formula is C14H23N5O2. The molecule has 1 amide bonds. The Morgan fingerprint density at radius 3 is 2.95 bits per heavy atom. The van der Waals surface area contributed by atoms with E-state index in [1.807, 2.05) is 18.7 Å². The Kier molecular flexibility index (Phi) is 4.95. The van der Waals surface area contributed by atoms with E-state index in [1.54, 1.807) is 6.92 Å². The van der Waals surface area contributed by atoms with Crippen LogP contribution in [-0.2, 0) is 9.53 Å². The molecule has 2 heterocycles. The molecule has 0 aromatic carbocycles. The third-order valence-corrected chi connectivity index (χ3v) is 3.52. The zero-order chi connectivity index (χ0) is 15.4. The molecule has 1 aliphatic rings. The van der Waals surface area contributed by atoms with Crippen molar-refractivity contribution in [1.82, 2.24) is 15.3 Å². The molecule has 0 bridgehead atoms. The molecule has 1 unspecified atom stereocenters. The summed E-state index contributed by atoms with van der Waals surface area (Å²) in [6.07, 6.45) is 0.901. The molecule has 1 saturated heterocycles. The number of nitrogens with two attached hydrogens (primary N) is 1. The molecule has 0 spiro atoms. The van der Waals surface area contributed by atoms with Crippen LogP contribution >= 0.6 is 0 Å². The molecule has 7 nitrogen and oxygen atoms in total. The van der Waals surface area contributed by atoms with Gasteiger partial charge in [-0.1, -0.05) is 6.92 Å². The van der Waals surface area contributed by atoms with Gasteiger partial charge in [0.1, 0.15) is 23.5 Å². The van der Waals surface area contributed by atoms with Crippen molar-refractivity contribution in [1.29, 1.82) is 0 Å². The second kappa shape index (κ2) is 6.71. The van der Waals surface area contributed by atoms with Crippen LogP contribution in [0.2, 0.25) is 0 Å². The van der Waals surface area contributed by atoms with Crippen LogP contribution in [0.3, 0.4) is 0 Å². The molecule has 7 heteroatoms. The molecule has 116 valence electrons. The number of carbonyl (C=O) groups is 1. The third kappa shape index (κ3) is 3.41. The minimum absolute atomic E-state index is 0.0363. The molecule has 21 heavy (non-hydrogen) atoms. The normalized spacial score (nSPS) is 18.6. The third-order valence-electron chi connectivity index (χ3n) is 3.52. The van der Waals surface area contributed by atoms with Gasteiger partial charge in [0, 0.05) is 18.7 Å². The lowest BCUT2D eigenvalue weighted by Crippen LogP contribution is -2.54. The second-order valence-electron chi connectivity index (χ2n) is 5.18. The van der Waals surface area contributed by atoms with Gasteiger partial charge in [-0.15, -0.1) is 0 Å². The first-order valence-corrected chi connectivity index (χ1v) is 7.27. The number of amides is 1. The Morgan fingerprint density at radius 1 is 1.48 bits per heavy atom. The predicted molar refractivity (Wildman–Crippen MR) is 81.2 cm³/mol. The van der Waals surface area contributed by atoms with Gasteiger partial charge >= 0.3 is 0 Å². The van der Waals surface area contributed by atoms with Crippen molar-refractivity contribution in [3.63, 3.8) is 0 Å². The van der Waals surface area contributed by atoms with Gasteiger partial charge in [0.25, 0.3) is 0 Å². The number of aromatic nitrogens is 2. The first kappa shape index (κ1) is 15.5. The maximum atomic E-state index is 12.3. The highest BCUT2D eigenvalue weighted by atomic mass is 16.5. The summed E-state index contributed by atoms with van der Waals surface area (Å²) in [4.78, 5) is 22.9. The minimum Gasteiger partial charge on any atom is -0.383 e. The first-order chi connectivity index (χ1) is 10.0. The van der Waals surface area contributed by atoms with Crippen molar-refractivity contribution in [2.45, 2.75) is 33.2 Å². The largest absolute Gasteiger partial charge is 0.383 e. The number of nitrogen functional groups attached to an aromatic ring is 1. The summed E-state index contributed by atoms with van der Waals surface area (Å²) in [5.74, 6) is 1.75. The van der Waals surface area contributed by atoms with E-state index < -0.39 is 0 Å². The molecule has 0 aliphatic carbocycles. The maximum absolute atomic E-state index is 12.3. The molecule has 0 radical (unpaired) electrons. The van der Waals surface area contributed by atoms with E-state index in [4.69, 9.17) is 10.5 Å². The van der Waals surface area contributed by atoms with Gasteiger partial charge < -0.3 is 20.7 Å². The van der Waals surface area contributed by atoms with Crippen LogP contribution in [0.4, 0.5) is 11.6 Å². The fraction of sp³-hybridized carbons (Fsp3) is 0.643. The number of morpholine rings is 1. The van der Waals surface area contributed by atoms with Crippen LogP contribution in [0.5, 0.6) is 0 Å². The van der Waals surface area contributed by atoms with E-state index in [0.717, 1.165) is 17.8 Å². The highest BCUT2D eigenvalue weighted by molar-refractivity contribution is 5.85. The number of anilines is 2. The number of carbonyl (C=O) groups excluding carboxylic acids is 1. The van der Waals surface area contributed by atoms with Crippen molar-refractivity contribution in [2.75, 3.05) is 36.9 Å². The molecule has 0 saturated carbocycles. The Morgan fingerprint density at radius 2 is 2.24 bits per heavy atom. The average molecular weight is 293 g/mol. The molecule has 1 atom stereocenters. The van der Waals surface area contributed by atoms with Crippen molar-refractivity contribution in [3.8, 4) is 0 Å². The van der Waals surface area contributed by atoms with Crippen LogP contribution in [0.1, 0.15) is 24.7 Å². The standard InChI is InChI=1S/C14H23N5O2/c1-4-5-16-14(20)11-8-21-7-6-19(11)13-9(2)12(15)17-10(3)18-13/h11H,4-8H2,1-3H3,(H,16,20)(H2,15,17,18). The van der Waals surface area contributed by atoms with Gasteiger partial charge in [-0.05, 0) is 20.3 Å². The number of ether oxygens (including phenoxy) is 1. The van der Waals surface area contributed by atoms with E-state index in [2.05, 4.69) is 15.3 Å². The SMILES string of the molecule is CCCNC(=O)C1COCCN1c1nc(C)nc(N)c1C. The molecule has 1 fully saturated rings. The molecule has 2 rings (SSSR count). The Bertz CT molecular complexity index is 520. The number of aryl methyl sites for hydroxylation is 1. The quantitative estimate of drug-likeness (QED) is 0.835. The number of nitrogens with one attached hydrogen (secondary N) is 1. The molecule has 3 N–H and O–H groups in total. The van der Waals surface area contributed by atoms with Gasteiger partial charge in [0.05, 0.1) is 13.2 Å². The van der Waals surface area contributed by atoms with Gasteiger partial charge in [-0.3, -0.25) is 4.79 Å². The summed E-state index contributed by atoms with van der Waals surface area (Å²) < 4.78 is 5.46. The number of hydrogen-bond acceptors (Lipinski definition) is 6. The Labute approximate surface area is 124 Å². The topological polar surface area (TPSA) is 93.4 Å². The van der Waals surface area contributed by atoms with Gasteiger partial charge in [-0.25, -0.2) is 9.97 Å². The van der Waals surface area contributed by atoms with Gasteiger partial charge in [0.15, 0.2) is 0 Å². The Balaban J connectivity index is 2.28. The van der Waals surface area contributed by atoms with Crippen LogP contribution in [0.25, 0.3) is 0 Å². The lowest BCUT2D eigenvalue weighted by molar-refractivity contribution is -0.124. The maximum Gasteiger partial charge on any atom is 0.245 e. The number of rotatable bonds is 4. The Hall–Kier alpha value is -1.89. The van der Waals surface area contributed by atoms with E-state index in [1.165, 1.54) is 0 Å². The summed E-state index contributed by atoms with van der Waals surface area (Å²) in [7, 11) is 0. The summed E-state index contributed by atoms with van der Waals surface area (Å²) >= 11 is 0. The van der Waals surface area contributed by atoms with Gasteiger partial charge in [0.2, 0.25) is 5.91 Å². The first-order valence-electron chi connectivity index (χ1n) is 7.27. The van der Waals surface area contributed by atoms with E-state index >= 15 is 0 Å². The van der Waals surface area contributed by atoms with Crippen molar-refractivity contribution in [2.24, 2.45) is 0 Å². The minimum atomic E-state index is -0.377. The zero-order valence-corrected chi connectivity index (χ0v) is 12.8. The van der Waals surface area contributed by atoms with Crippen LogP contribution in [-0.4, -0.2) is 48.2 Å². The summed E-state index contributed by atoms with van der Waals surface area (Å²) in [6, 6.07) is -0.377. The van der Waals surface area contributed by atoms with Crippen LogP contribution < -0.4 is 16.0 Å². The lowest BCUT2D eigenvalue weighted by Gasteiger charge is -2.36. The molecule has 1 aromatic rings. The monoisotopic (exact) mass is 293 g/mol. The highest BCUT2D eigenvalue weighted by Crippen LogP contribution is 2.25. The van der Waals surface area contributed by atoms with Crippen molar-refractivity contribution < 1.29 is 9.53 Å². The zero-order valence-electron chi connectivity index (χ0n) is 12.8. The molecule has 1 aliphatic heterocycles. The van der Waals surface area contributed by atoms with Crippen molar-refractivity contribution >= 4 is 17.5 Å². The van der Waals surface area contributed by atoms with Crippen molar-refractivity contribution in [3.05, 3.63) is 11.4 Å². The van der Waals surface area contributed by atoms with Crippen LogP contribution in [0.15, 0.2) is 0 Å². The average Bonchev–Trinajstić information content (AvgIpc) is 2.48. The second-order valence-corrected chi connectivity index (χ2v) is 5.18. The van der Waals surface area contributed by atoms with E-state index in [-0.39, 0.29) is 11.9 Å².